The zero-order valence-corrected chi connectivity index (χ0v) is 18.3. The summed E-state index contributed by atoms with van der Waals surface area (Å²) in [5.41, 5.74) is 3.85. The van der Waals surface area contributed by atoms with Crippen molar-refractivity contribution in [2.75, 3.05) is 12.4 Å². The minimum Gasteiger partial charge on any atom is -0.382 e. The molecule has 3 aromatic heterocycles. The van der Waals surface area contributed by atoms with Crippen molar-refractivity contribution < 1.29 is 9.59 Å². The summed E-state index contributed by atoms with van der Waals surface area (Å²) in [4.78, 5) is 29.2. The Morgan fingerprint density at radius 3 is 2.84 bits per heavy atom. The van der Waals surface area contributed by atoms with E-state index < -0.39 is 0 Å². The highest BCUT2D eigenvalue weighted by Crippen LogP contribution is 2.31. The lowest BCUT2D eigenvalue weighted by atomic mass is 9.82. The van der Waals surface area contributed by atoms with Gasteiger partial charge in [-0.05, 0) is 43.5 Å². The van der Waals surface area contributed by atoms with Gasteiger partial charge in [0.2, 0.25) is 0 Å². The molecule has 0 radical (unpaired) electrons. The predicted molar refractivity (Wildman–Crippen MR) is 121 cm³/mol. The summed E-state index contributed by atoms with van der Waals surface area (Å²) >= 11 is 0. The Morgan fingerprint density at radius 1 is 1.25 bits per heavy atom. The fraction of sp³-hybridized carbons (Fsp3) is 0.375. The molecule has 1 saturated carbocycles. The molecule has 1 aliphatic carbocycles. The van der Waals surface area contributed by atoms with Crippen molar-refractivity contribution in [2.24, 2.45) is 5.92 Å². The van der Waals surface area contributed by atoms with E-state index in [4.69, 9.17) is 5.26 Å². The Kier molecular flexibility index (Phi) is 6.17. The number of carbonyl (C=O) groups excluding carboxylic acids is 2. The molecule has 8 heteroatoms. The van der Waals surface area contributed by atoms with Crippen molar-refractivity contribution in [3.8, 4) is 17.5 Å². The van der Waals surface area contributed by atoms with Crippen molar-refractivity contribution in [1.29, 1.82) is 5.26 Å². The summed E-state index contributed by atoms with van der Waals surface area (Å²) in [6, 6.07) is 9.61. The third-order valence-electron chi connectivity index (χ3n) is 6.11. The molecular formula is C24H26N6O2. The van der Waals surface area contributed by atoms with Crippen molar-refractivity contribution in [1.82, 2.24) is 19.9 Å². The molecule has 3 aromatic rings. The number of nitrogens with zero attached hydrogens (tertiary/aromatic N) is 4. The average Bonchev–Trinajstić information content (AvgIpc) is 3.26. The smallest absolute Gasteiger partial charge is 0.254 e. The molecule has 2 N–H and O–H groups in total. The lowest BCUT2D eigenvalue weighted by molar-refractivity contribution is -0.123. The summed E-state index contributed by atoms with van der Waals surface area (Å²) < 4.78 is 1.73. The van der Waals surface area contributed by atoms with Crippen LogP contribution in [0.1, 0.15) is 54.9 Å². The van der Waals surface area contributed by atoms with Crippen LogP contribution in [-0.2, 0) is 4.79 Å². The van der Waals surface area contributed by atoms with E-state index in [1.54, 1.807) is 23.8 Å². The molecule has 1 amide bonds. The first-order valence-electron chi connectivity index (χ1n) is 10.9. The minimum atomic E-state index is -0.222. The van der Waals surface area contributed by atoms with E-state index in [0.717, 1.165) is 36.9 Å². The van der Waals surface area contributed by atoms with Crippen molar-refractivity contribution >= 4 is 22.9 Å². The van der Waals surface area contributed by atoms with Crippen LogP contribution < -0.4 is 10.6 Å². The summed E-state index contributed by atoms with van der Waals surface area (Å²) in [7, 11) is 1.59. The predicted octanol–water partition coefficient (Wildman–Crippen LogP) is 3.58. The van der Waals surface area contributed by atoms with Gasteiger partial charge >= 0.3 is 0 Å². The molecule has 32 heavy (non-hydrogen) atoms. The van der Waals surface area contributed by atoms with Crippen LogP contribution >= 0.6 is 0 Å². The topological polar surface area (TPSA) is 112 Å². The van der Waals surface area contributed by atoms with Crippen LogP contribution in [0.2, 0.25) is 0 Å². The minimum absolute atomic E-state index is 0.0733. The molecule has 0 aromatic carbocycles. The Labute approximate surface area is 186 Å². The number of rotatable bonds is 6. The molecule has 2 atom stereocenters. The van der Waals surface area contributed by atoms with Crippen molar-refractivity contribution in [2.45, 2.75) is 45.1 Å². The number of hydrogen-bond acceptors (Lipinski definition) is 6. The van der Waals surface area contributed by atoms with Crippen LogP contribution in [0.3, 0.4) is 0 Å². The molecular weight excluding hydrogens is 404 g/mol. The number of ketones is 1. The van der Waals surface area contributed by atoms with E-state index in [2.05, 4.69) is 26.8 Å². The number of aromatic nitrogens is 3. The number of nitriles is 1. The standard InChI is InChI=1S/C24H26N6O2/c1-3-23(31)16-5-4-6-17(10-16)29-20-11-21(27-14-19(20)24(32)26-2)22-8-7-18-9-15(12-25)13-28-30(18)22/h7-9,11,13-14,16-17H,3-6,10H2,1-2H3,(H,26,32)(H,27,29)/t16-,17-/m1/s1. The second kappa shape index (κ2) is 9.18. The number of fused-ring (bicyclic) bond motifs is 1. The zero-order valence-electron chi connectivity index (χ0n) is 18.3. The quantitative estimate of drug-likeness (QED) is 0.618. The third kappa shape index (κ3) is 4.19. The van der Waals surface area contributed by atoms with E-state index in [1.807, 2.05) is 25.1 Å². The van der Waals surface area contributed by atoms with Gasteiger partial charge in [-0.1, -0.05) is 13.3 Å². The maximum Gasteiger partial charge on any atom is 0.254 e. The molecule has 4 rings (SSSR count). The number of nitrogens with one attached hydrogen (secondary N) is 2. The van der Waals surface area contributed by atoms with E-state index in [0.29, 0.717) is 34.7 Å². The van der Waals surface area contributed by atoms with Crippen molar-refractivity contribution in [3.05, 3.63) is 47.8 Å². The van der Waals surface area contributed by atoms with Crippen LogP contribution in [0.25, 0.3) is 16.9 Å². The molecule has 0 aliphatic heterocycles. The van der Waals surface area contributed by atoms with Crippen LogP contribution in [0.15, 0.2) is 36.7 Å². The van der Waals surface area contributed by atoms with E-state index in [-0.39, 0.29) is 17.9 Å². The number of hydrogen-bond donors (Lipinski definition) is 2. The maximum absolute atomic E-state index is 12.5. The first-order chi connectivity index (χ1) is 15.5. The molecule has 1 fully saturated rings. The van der Waals surface area contributed by atoms with Gasteiger partial charge in [-0.3, -0.25) is 14.6 Å². The largest absolute Gasteiger partial charge is 0.382 e. The fourth-order valence-corrected chi connectivity index (χ4v) is 4.41. The van der Waals surface area contributed by atoms with Gasteiger partial charge < -0.3 is 10.6 Å². The fourth-order valence-electron chi connectivity index (χ4n) is 4.41. The lowest BCUT2D eigenvalue weighted by Gasteiger charge is -2.30. The third-order valence-corrected chi connectivity index (χ3v) is 6.11. The van der Waals surface area contributed by atoms with Crippen LogP contribution in [0.4, 0.5) is 5.69 Å². The molecule has 0 unspecified atom stereocenters. The number of amides is 1. The van der Waals surface area contributed by atoms with Crippen LogP contribution in [-0.4, -0.2) is 39.4 Å². The number of pyridine rings is 1. The van der Waals surface area contributed by atoms with E-state index >= 15 is 0 Å². The summed E-state index contributed by atoms with van der Waals surface area (Å²) in [6.45, 7) is 1.91. The number of Topliss-reactive ketones (excluding diaryl/α,β-unsaturated/α-hetero) is 1. The van der Waals surface area contributed by atoms with Crippen LogP contribution in [0.5, 0.6) is 0 Å². The van der Waals surface area contributed by atoms with Gasteiger partial charge in [0, 0.05) is 31.6 Å². The summed E-state index contributed by atoms with van der Waals surface area (Å²) in [5.74, 6) is 0.158. The highest BCUT2D eigenvalue weighted by Gasteiger charge is 2.27. The normalized spacial score (nSPS) is 18.2. The summed E-state index contributed by atoms with van der Waals surface area (Å²) in [6.07, 6.45) is 7.27. The van der Waals surface area contributed by atoms with E-state index in [1.165, 1.54) is 6.20 Å². The van der Waals surface area contributed by atoms with Gasteiger partial charge in [0.15, 0.2) is 0 Å². The first kappa shape index (κ1) is 21.5. The maximum atomic E-state index is 12.5. The van der Waals surface area contributed by atoms with E-state index in [9.17, 15) is 9.59 Å². The molecule has 164 valence electrons. The molecule has 3 heterocycles. The second-order valence-electron chi connectivity index (χ2n) is 8.13. The Morgan fingerprint density at radius 2 is 2.09 bits per heavy atom. The molecule has 8 nitrogen and oxygen atoms in total. The van der Waals surface area contributed by atoms with Gasteiger partial charge in [0.25, 0.3) is 5.91 Å². The van der Waals surface area contributed by atoms with Crippen molar-refractivity contribution in [3.63, 3.8) is 0 Å². The Bertz CT molecular complexity index is 1210. The SMILES string of the molecule is CCC(=O)[C@@H]1CCC[C@@H](Nc2cc(-c3ccc4cc(C#N)cnn34)ncc2C(=O)NC)C1. The summed E-state index contributed by atoms with van der Waals surface area (Å²) in [5, 5.41) is 19.7. The molecule has 0 bridgehead atoms. The zero-order chi connectivity index (χ0) is 22.7. The molecule has 0 spiro atoms. The Hall–Kier alpha value is -3.73. The molecule has 0 saturated heterocycles. The highest BCUT2D eigenvalue weighted by atomic mass is 16.1. The number of carbonyl (C=O) groups is 2. The lowest BCUT2D eigenvalue weighted by Crippen LogP contribution is -2.32. The monoisotopic (exact) mass is 430 g/mol. The average molecular weight is 431 g/mol. The van der Waals surface area contributed by atoms with Gasteiger partial charge in [0.1, 0.15) is 11.9 Å². The van der Waals surface area contributed by atoms with Gasteiger partial charge in [0.05, 0.1) is 39.9 Å². The highest BCUT2D eigenvalue weighted by molar-refractivity contribution is 5.99. The van der Waals surface area contributed by atoms with Gasteiger partial charge in [-0.25, -0.2) is 4.52 Å². The second-order valence-corrected chi connectivity index (χ2v) is 8.13. The Balaban J connectivity index is 1.68. The number of anilines is 1. The van der Waals surface area contributed by atoms with Gasteiger partial charge in [-0.15, -0.1) is 0 Å². The molecule has 1 aliphatic rings. The van der Waals surface area contributed by atoms with Gasteiger partial charge in [-0.2, -0.15) is 10.4 Å². The van der Waals surface area contributed by atoms with Crippen LogP contribution in [0, 0.1) is 17.2 Å². The first-order valence-corrected chi connectivity index (χ1v) is 10.9.